The second kappa shape index (κ2) is 6.08. The van der Waals surface area contributed by atoms with E-state index in [0.717, 1.165) is 6.08 Å². The largest absolute Gasteiger partial charge is 0.461 e. The van der Waals surface area contributed by atoms with Crippen molar-refractivity contribution < 1.29 is 33.3 Å². The predicted molar refractivity (Wildman–Crippen MR) is 73.4 cm³/mol. The Bertz CT molecular complexity index is 496. The summed E-state index contributed by atoms with van der Waals surface area (Å²) in [6.07, 6.45) is -0.209. The number of carbonyl (C=O) groups is 3. The fraction of sp³-hybridized carbons (Fsp3) is 0.667. The Labute approximate surface area is 128 Å². The minimum Gasteiger partial charge on any atom is -0.461 e. The number of hydrogen-bond donors (Lipinski definition) is 0. The van der Waals surface area contributed by atoms with Crippen LogP contribution in [0.5, 0.6) is 0 Å². The van der Waals surface area contributed by atoms with Crippen LogP contribution >= 0.6 is 0 Å². The first-order valence-electron chi connectivity index (χ1n) is 7.11. The third-order valence-corrected chi connectivity index (χ3v) is 3.75. The number of rotatable bonds is 5. The molecule has 4 unspecified atom stereocenters. The maximum absolute atomic E-state index is 12.2. The van der Waals surface area contributed by atoms with Crippen LogP contribution in [0, 0.1) is 11.3 Å². The maximum atomic E-state index is 12.2. The zero-order valence-corrected chi connectivity index (χ0v) is 12.9. The number of cyclic esters (lactones) is 1. The van der Waals surface area contributed by atoms with E-state index in [4.69, 9.17) is 18.9 Å². The fourth-order valence-electron chi connectivity index (χ4n) is 2.40. The molecule has 7 heteroatoms. The highest BCUT2D eigenvalue weighted by atomic mass is 16.7. The van der Waals surface area contributed by atoms with Crippen molar-refractivity contribution in [3.05, 3.63) is 12.7 Å². The molecule has 2 heterocycles. The van der Waals surface area contributed by atoms with Gasteiger partial charge in [0, 0.05) is 12.5 Å². The van der Waals surface area contributed by atoms with Crippen LogP contribution in [0.3, 0.4) is 0 Å². The quantitative estimate of drug-likeness (QED) is 0.424. The molecule has 2 aliphatic rings. The normalized spacial score (nSPS) is 30.4. The van der Waals surface area contributed by atoms with Crippen LogP contribution in [-0.2, 0) is 33.3 Å². The Kier molecular flexibility index (Phi) is 4.55. The molecule has 2 fully saturated rings. The number of hydrogen-bond acceptors (Lipinski definition) is 7. The molecule has 0 aromatic heterocycles. The summed E-state index contributed by atoms with van der Waals surface area (Å²) in [5.41, 5.74) is -1.02. The van der Waals surface area contributed by atoms with Gasteiger partial charge in [-0.3, -0.25) is 9.59 Å². The summed E-state index contributed by atoms with van der Waals surface area (Å²) >= 11 is 0. The van der Waals surface area contributed by atoms with E-state index in [2.05, 4.69) is 6.58 Å². The Morgan fingerprint density at radius 2 is 2.14 bits per heavy atom. The minimum absolute atomic E-state index is 0.130. The van der Waals surface area contributed by atoms with Gasteiger partial charge in [-0.1, -0.05) is 6.58 Å². The Morgan fingerprint density at radius 3 is 2.73 bits per heavy atom. The summed E-state index contributed by atoms with van der Waals surface area (Å²) in [6.45, 7) is 8.08. The minimum atomic E-state index is -1.02. The van der Waals surface area contributed by atoms with Gasteiger partial charge in [-0.15, -0.1) is 0 Å². The zero-order chi connectivity index (χ0) is 16.5. The number of esters is 3. The molecule has 0 aliphatic carbocycles. The molecule has 0 aromatic carbocycles. The SMILES string of the molecule is C=CC(=O)OCC(C)(C)C(=O)OC1CC2C(=O)OC(C)C2O1. The molecule has 7 nitrogen and oxygen atoms in total. The average Bonchev–Trinajstić information content (AvgIpc) is 2.98. The first-order valence-corrected chi connectivity index (χ1v) is 7.11. The number of carbonyl (C=O) groups excluding carboxylic acids is 3. The van der Waals surface area contributed by atoms with Crippen molar-refractivity contribution in [3.63, 3.8) is 0 Å². The molecule has 2 rings (SSSR count). The van der Waals surface area contributed by atoms with Gasteiger partial charge in [0.1, 0.15) is 18.8 Å². The van der Waals surface area contributed by atoms with Crippen LogP contribution in [0.15, 0.2) is 12.7 Å². The van der Waals surface area contributed by atoms with Gasteiger partial charge in [0.2, 0.25) is 6.29 Å². The summed E-state index contributed by atoms with van der Waals surface area (Å²) < 4.78 is 20.8. The van der Waals surface area contributed by atoms with Crippen LogP contribution in [0.1, 0.15) is 27.2 Å². The molecule has 0 N–H and O–H groups in total. The topological polar surface area (TPSA) is 88.1 Å². The van der Waals surface area contributed by atoms with Gasteiger partial charge in [-0.05, 0) is 20.8 Å². The lowest BCUT2D eigenvalue weighted by Gasteiger charge is -2.24. The second-order valence-corrected chi connectivity index (χ2v) is 6.12. The number of fused-ring (bicyclic) bond motifs is 1. The van der Waals surface area contributed by atoms with Crippen molar-refractivity contribution in [3.8, 4) is 0 Å². The van der Waals surface area contributed by atoms with E-state index in [1.54, 1.807) is 20.8 Å². The fourth-order valence-corrected chi connectivity index (χ4v) is 2.40. The first kappa shape index (κ1) is 16.5. The van der Waals surface area contributed by atoms with Crippen molar-refractivity contribution in [1.29, 1.82) is 0 Å². The van der Waals surface area contributed by atoms with Gasteiger partial charge >= 0.3 is 17.9 Å². The van der Waals surface area contributed by atoms with Crippen molar-refractivity contribution in [2.75, 3.05) is 6.61 Å². The molecule has 0 bridgehead atoms. The van der Waals surface area contributed by atoms with Crippen LogP contribution in [0.25, 0.3) is 0 Å². The van der Waals surface area contributed by atoms with E-state index in [-0.39, 0.29) is 31.2 Å². The third kappa shape index (κ3) is 3.30. The predicted octanol–water partition coefficient (Wildman–Crippen LogP) is 0.961. The van der Waals surface area contributed by atoms with E-state index >= 15 is 0 Å². The van der Waals surface area contributed by atoms with Crippen LogP contribution in [0.4, 0.5) is 0 Å². The molecule has 2 aliphatic heterocycles. The van der Waals surface area contributed by atoms with E-state index < -0.39 is 29.6 Å². The smallest absolute Gasteiger partial charge is 0.330 e. The molecular weight excluding hydrogens is 292 g/mol. The lowest BCUT2D eigenvalue weighted by atomic mass is 9.95. The maximum Gasteiger partial charge on any atom is 0.330 e. The van der Waals surface area contributed by atoms with E-state index in [0.29, 0.717) is 0 Å². The molecule has 0 saturated carbocycles. The molecule has 122 valence electrons. The first-order chi connectivity index (χ1) is 10.2. The molecular formula is C15H20O7. The standard InChI is InChI=1S/C15H20O7/c1-5-10(16)19-7-15(3,4)14(18)22-11-6-9-12(21-11)8(2)20-13(9)17/h5,8-9,11-12H,1,6-7H2,2-4H3. The van der Waals surface area contributed by atoms with Crippen LogP contribution in [0.2, 0.25) is 0 Å². The lowest BCUT2D eigenvalue weighted by molar-refractivity contribution is -0.193. The molecule has 2 saturated heterocycles. The summed E-state index contributed by atoms with van der Waals surface area (Å²) in [7, 11) is 0. The molecule has 4 atom stereocenters. The van der Waals surface area contributed by atoms with Crippen molar-refractivity contribution in [2.45, 2.75) is 45.7 Å². The summed E-state index contributed by atoms with van der Waals surface area (Å²) in [5, 5.41) is 0. The van der Waals surface area contributed by atoms with E-state index in [9.17, 15) is 14.4 Å². The molecule has 0 amide bonds. The van der Waals surface area contributed by atoms with Gasteiger partial charge in [-0.25, -0.2) is 4.79 Å². The van der Waals surface area contributed by atoms with E-state index in [1.165, 1.54) is 0 Å². The highest BCUT2D eigenvalue weighted by molar-refractivity contribution is 5.82. The molecule has 0 radical (unpaired) electrons. The van der Waals surface area contributed by atoms with Gasteiger partial charge in [0.05, 0.1) is 11.3 Å². The summed E-state index contributed by atoms with van der Waals surface area (Å²) in [6, 6.07) is 0. The van der Waals surface area contributed by atoms with Gasteiger partial charge in [0.15, 0.2) is 0 Å². The van der Waals surface area contributed by atoms with Gasteiger partial charge in [-0.2, -0.15) is 0 Å². The highest BCUT2D eigenvalue weighted by Crippen LogP contribution is 2.37. The van der Waals surface area contributed by atoms with Gasteiger partial charge in [0.25, 0.3) is 0 Å². The summed E-state index contributed by atoms with van der Waals surface area (Å²) in [5.74, 6) is -1.89. The van der Waals surface area contributed by atoms with Crippen LogP contribution < -0.4 is 0 Å². The number of ether oxygens (including phenoxy) is 4. The lowest BCUT2D eigenvalue weighted by Crippen LogP contribution is -2.35. The zero-order valence-electron chi connectivity index (χ0n) is 12.9. The van der Waals surface area contributed by atoms with Gasteiger partial charge < -0.3 is 18.9 Å². The Balaban J connectivity index is 1.88. The Morgan fingerprint density at radius 1 is 1.45 bits per heavy atom. The highest BCUT2D eigenvalue weighted by Gasteiger charge is 2.51. The monoisotopic (exact) mass is 312 g/mol. The molecule has 22 heavy (non-hydrogen) atoms. The summed E-state index contributed by atoms with van der Waals surface area (Å²) in [4.78, 5) is 34.8. The molecule has 0 aromatic rings. The van der Waals surface area contributed by atoms with Crippen molar-refractivity contribution in [2.24, 2.45) is 11.3 Å². The average molecular weight is 312 g/mol. The van der Waals surface area contributed by atoms with Crippen LogP contribution in [-0.4, -0.2) is 43.0 Å². The second-order valence-electron chi connectivity index (χ2n) is 6.12. The van der Waals surface area contributed by atoms with Crippen molar-refractivity contribution in [1.82, 2.24) is 0 Å². The molecule has 0 spiro atoms. The van der Waals surface area contributed by atoms with E-state index in [1.807, 2.05) is 0 Å². The Hall–Kier alpha value is -1.89. The van der Waals surface area contributed by atoms with Crippen molar-refractivity contribution >= 4 is 17.9 Å². The third-order valence-electron chi connectivity index (χ3n) is 3.75.